The molecule has 0 aliphatic heterocycles. The van der Waals surface area contributed by atoms with Crippen LogP contribution in [0.3, 0.4) is 0 Å². The molecule has 3 aromatic rings. The Hall–Kier alpha value is 0.710. The van der Waals surface area contributed by atoms with E-state index in [9.17, 15) is 70.9 Å². The van der Waals surface area contributed by atoms with E-state index in [2.05, 4.69) is 38.2 Å². The van der Waals surface area contributed by atoms with E-state index >= 15 is 0 Å². The summed E-state index contributed by atoms with van der Waals surface area (Å²) in [5.41, 5.74) is 6.09. The monoisotopic (exact) mass is 1040 g/mol. The molecule has 0 atom stereocenters. The van der Waals surface area contributed by atoms with Crippen LogP contribution in [0, 0.1) is 6.92 Å². The van der Waals surface area contributed by atoms with Crippen LogP contribution in [0.5, 0.6) is 0 Å². The molecule has 0 bridgehead atoms. The molecule has 4 N–H and O–H groups in total. The number of azo groups is 2. The predicted molar refractivity (Wildman–Crippen MR) is 184 cm³/mol. The first-order chi connectivity index (χ1) is 25.7. The molecule has 3 rings (SSSR count). The number of hydrogen-bond acceptors (Lipinski definition) is 27. The first-order valence-electron chi connectivity index (χ1n) is 14.0. The minimum absolute atomic E-state index is 0. The fraction of sp³-hybridized carbons (Fsp3) is 0.240. The summed E-state index contributed by atoms with van der Waals surface area (Å²) < 4.78 is 167. The van der Waals surface area contributed by atoms with Crippen molar-refractivity contribution in [3.63, 3.8) is 0 Å². The Morgan fingerprint density at radius 3 is 1.40 bits per heavy atom. The van der Waals surface area contributed by atoms with E-state index in [4.69, 9.17) is 11.5 Å². The Balaban J connectivity index is -0.00000280. The molecule has 62 heavy (non-hydrogen) atoms. The van der Waals surface area contributed by atoms with Crippen molar-refractivity contribution >= 4 is 103 Å². The summed E-state index contributed by atoms with van der Waals surface area (Å²) in [4.78, 5) is 8.17. The number of carboxylic acids is 1. The van der Waals surface area contributed by atoms with Crippen molar-refractivity contribution in [1.29, 1.82) is 0 Å². The number of hydrogen-bond donors (Lipinski definition) is 2. The van der Waals surface area contributed by atoms with E-state index in [-0.39, 0.29) is 173 Å². The summed E-state index contributed by atoms with van der Waals surface area (Å²) in [7, 11) is -25.4. The van der Waals surface area contributed by atoms with E-state index in [1.54, 1.807) is 0 Å². The summed E-state index contributed by atoms with van der Waals surface area (Å²) in [6.45, 7) is -0.603. The van der Waals surface area contributed by atoms with Gasteiger partial charge in [0.1, 0.15) is 43.0 Å². The fourth-order valence-electron chi connectivity index (χ4n) is 4.12. The smallest absolute Gasteiger partial charge is 0.744 e. The fourth-order valence-corrected chi connectivity index (χ4v) is 8.48. The zero-order valence-corrected chi connectivity index (χ0v) is 47.2. The molecule has 0 fully saturated rings. The molecule has 0 aliphatic rings. The van der Waals surface area contributed by atoms with E-state index < -0.39 is 140 Å². The Kier molecular flexibility index (Phi) is 32.3. The number of nitrogens with two attached hydrogens (primary N) is 2. The molecule has 316 valence electrons. The third-order valence-corrected chi connectivity index (χ3v) is 12.7. The van der Waals surface area contributed by atoms with Gasteiger partial charge in [0, 0.05) is 0 Å². The summed E-state index contributed by atoms with van der Waals surface area (Å²) in [5.74, 6) is -4.15. The van der Waals surface area contributed by atoms with Crippen LogP contribution in [0.4, 0.5) is 34.1 Å². The van der Waals surface area contributed by atoms with Gasteiger partial charge in [0.15, 0.2) is 32.0 Å². The topological polar surface area (TPSA) is 441 Å². The minimum atomic E-state index is -5.60. The maximum absolute atomic E-state index is 12.7. The summed E-state index contributed by atoms with van der Waals surface area (Å²) in [5, 5.41) is 39.4. The number of benzene rings is 3. The molecule has 0 heterocycles. The van der Waals surface area contributed by atoms with Crippen LogP contribution in [0.2, 0.25) is 0 Å². The number of sulfone groups is 2. The average molecular weight is 1040 g/mol. The van der Waals surface area contributed by atoms with Gasteiger partial charge in [-0.15, -0.1) is 24.8 Å². The second kappa shape index (κ2) is 28.9. The number of carboxylic acid groups (broad SMARTS) is 1. The van der Waals surface area contributed by atoms with Crippen LogP contribution in [0.1, 0.15) is 23.3 Å². The molecule has 0 aliphatic carbocycles. The minimum Gasteiger partial charge on any atom is -0.744 e. The van der Waals surface area contributed by atoms with Crippen molar-refractivity contribution in [2.75, 3.05) is 36.2 Å². The molecule has 0 amide bonds. The Bertz CT molecular complexity index is 2680. The Morgan fingerprint density at radius 2 is 1.06 bits per heavy atom. The largest absolute Gasteiger partial charge is 1.00 e. The van der Waals surface area contributed by atoms with Crippen LogP contribution in [0.25, 0.3) is 0 Å². The van der Waals surface area contributed by atoms with Gasteiger partial charge in [-0.05, 0) is 48.9 Å². The van der Waals surface area contributed by atoms with Crippen LogP contribution < -0.4 is 170 Å². The molecule has 26 nitrogen and oxygen atoms in total. The number of carbonyl (C=O) groups excluding carboxylic acids is 1. The van der Waals surface area contributed by atoms with Gasteiger partial charge in [0.25, 0.3) is 0 Å². The van der Waals surface area contributed by atoms with Crippen LogP contribution in [-0.4, -0.2) is 86.4 Å². The van der Waals surface area contributed by atoms with Gasteiger partial charge in [-0.2, -0.15) is 0 Å². The number of aromatic carboxylic acids is 1. The molecule has 3 aromatic carbocycles. The molecule has 0 saturated heterocycles. The van der Waals surface area contributed by atoms with Gasteiger partial charge in [0.2, 0.25) is 10.4 Å². The van der Waals surface area contributed by atoms with Crippen LogP contribution in [0.15, 0.2) is 76.4 Å². The second-order valence-electron chi connectivity index (χ2n) is 10.3. The van der Waals surface area contributed by atoms with E-state index in [1.165, 1.54) is 6.92 Å². The third kappa shape index (κ3) is 19.7. The standard InChI is InChI=1S/C24H26N6O20S6.CH4.5Na/c1-12-20(25)22(29-27-15-4-2-13(10-17(15)54(38,39)40)52(34,35)8-6-47-51-50-49-33)19(24(31)32)23(21(12)26)30-28-16-5-3-14(11-18(16)55(41,42)43)53(36,37)9-7-48-56(44,45)46;;;;;;/h2-5,10-11,33H,6-9,25-26H2,1H3,(H,31,32)(H,38,39,40)(H,41,42,43)(H,44,45,46);1H4;;;;;/q;;5*+1/p-5. The van der Waals surface area contributed by atoms with Crippen molar-refractivity contribution < 1.29 is 236 Å². The average Bonchev–Trinajstić information content (AvgIpc) is 3.07. The van der Waals surface area contributed by atoms with Crippen molar-refractivity contribution in [2.24, 2.45) is 20.5 Å². The van der Waals surface area contributed by atoms with Gasteiger partial charge in [-0.25, -0.2) is 42.1 Å². The zero-order chi connectivity index (χ0) is 42.4. The van der Waals surface area contributed by atoms with Crippen molar-refractivity contribution in [3.05, 3.63) is 47.5 Å². The van der Waals surface area contributed by atoms with Crippen LogP contribution in [-0.2, 0) is 68.0 Å². The van der Waals surface area contributed by atoms with Crippen molar-refractivity contribution in [2.45, 2.75) is 33.9 Å². The maximum Gasteiger partial charge on any atom is 1.00 e. The molecular formula is C25H25N6Na5O20S6. The summed E-state index contributed by atoms with van der Waals surface area (Å²) in [6.07, 6.45) is 0. The first kappa shape index (κ1) is 69.3. The quantitative estimate of drug-likeness (QED) is 0.0130. The number of nitrogen functional groups attached to an aromatic ring is 2. The Morgan fingerprint density at radius 1 is 0.677 bits per heavy atom. The second-order valence-corrected chi connectivity index (χ2v) is 18.7. The molecular weight excluding hydrogens is 1010 g/mol. The molecule has 0 radical (unpaired) electrons. The zero-order valence-electron chi connectivity index (χ0n) is 32.4. The first-order valence-corrected chi connectivity index (χ1v) is 22.1. The summed E-state index contributed by atoms with van der Waals surface area (Å²) >= 11 is -0.0137. The normalized spacial score (nSPS) is 11.9. The summed E-state index contributed by atoms with van der Waals surface area (Å²) in [6, 6.07) is 3.54. The third-order valence-electron chi connectivity index (χ3n) is 6.75. The van der Waals surface area contributed by atoms with E-state index in [1.807, 2.05) is 0 Å². The van der Waals surface area contributed by atoms with Crippen molar-refractivity contribution in [3.8, 4) is 0 Å². The molecule has 37 heteroatoms. The van der Waals surface area contributed by atoms with E-state index in [0.717, 1.165) is 6.07 Å². The SMILES string of the molecule is C.Cc1c(N)c(N=Nc2ccc(S(=O)(=O)CCOSOO[O-])cc2S(=O)(=O)[O-])c(C(=O)[O-])c(N=Nc2ccc(S(=O)(=O)CCOS(=O)(=O)[O-])cc2S(=O)(=O)[O-])c1N.[Na+].[Na+].[Na+].[Na+].[Na+]. The van der Waals surface area contributed by atoms with Crippen molar-refractivity contribution in [1.82, 2.24) is 0 Å². The molecule has 0 aromatic heterocycles. The predicted octanol–water partition coefficient (Wildman–Crippen LogP) is -15.4. The number of carbonyl (C=O) groups is 1. The van der Waals surface area contributed by atoms with Crippen LogP contribution >= 0.6 is 12.3 Å². The van der Waals surface area contributed by atoms with Gasteiger partial charge in [-0.3, -0.25) is 13.4 Å². The number of nitrogens with zero attached hydrogens (tertiary/aromatic N) is 4. The number of anilines is 2. The van der Waals surface area contributed by atoms with E-state index in [0.29, 0.717) is 30.3 Å². The van der Waals surface area contributed by atoms with Gasteiger partial charge >= 0.3 is 148 Å². The molecule has 0 saturated carbocycles. The molecule has 0 spiro atoms. The number of rotatable bonds is 19. The van der Waals surface area contributed by atoms with Gasteiger partial charge < -0.3 is 40.3 Å². The Labute approximate surface area is 470 Å². The van der Waals surface area contributed by atoms with Gasteiger partial charge in [-0.1, -0.05) is 7.43 Å². The maximum atomic E-state index is 12.7. The van der Waals surface area contributed by atoms with Gasteiger partial charge in [0.05, 0.1) is 67.2 Å². The molecule has 0 unspecified atom stereocenters.